The molecule has 1 aromatic heterocycles. The van der Waals surface area contributed by atoms with E-state index in [1.807, 2.05) is 67.6 Å². The average molecular weight is 436 g/mol. The molecule has 0 bridgehead atoms. The van der Waals surface area contributed by atoms with Gasteiger partial charge in [0.25, 0.3) is 17.0 Å². The van der Waals surface area contributed by atoms with Crippen LogP contribution in [0.4, 0.5) is 5.69 Å². The van der Waals surface area contributed by atoms with Crippen LogP contribution in [0.2, 0.25) is 0 Å². The van der Waals surface area contributed by atoms with Crippen LogP contribution in [0.25, 0.3) is 0 Å². The van der Waals surface area contributed by atoms with Crippen LogP contribution in [0.5, 0.6) is 0 Å². The summed E-state index contributed by atoms with van der Waals surface area (Å²) in [7, 11) is 1.80. The van der Waals surface area contributed by atoms with Crippen LogP contribution in [-0.2, 0) is 16.0 Å². The molecule has 158 valence electrons. The maximum Gasteiger partial charge on any atom is 0.289 e. The van der Waals surface area contributed by atoms with E-state index in [0.717, 1.165) is 23.0 Å². The van der Waals surface area contributed by atoms with Gasteiger partial charge in [-0.2, -0.15) is 0 Å². The summed E-state index contributed by atoms with van der Waals surface area (Å²) in [6, 6.07) is 18.7. The molecule has 0 radical (unpaired) electrons. The highest BCUT2D eigenvalue weighted by Gasteiger charge is 2.40. The van der Waals surface area contributed by atoms with Crippen molar-refractivity contribution >= 4 is 35.0 Å². The fourth-order valence-corrected chi connectivity index (χ4v) is 3.78. The van der Waals surface area contributed by atoms with Crippen LogP contribution in [0.15, 0.2) is 75.3 Å². The first-order chi connectivity index (χ1) is 15.0. The monoisotopic (exact) mass is 435 g/mol. The average Bonchev–Trinajstić information content (AvgIpc) is 3.31. The fourth-order valence-electron chi connectivity index (χ4n) is 3.22. The zero-order valence-corrected chi connectivity index (χ0v) is 18.0. The summed E-state index contributed by atoms with van der Waals surface area (Å²) in [4.78, 5) is 29.4. The van der Waals surface area contributed by atoms with Crippen molar-refractivity contribution in [1.29, 1.82) is 0 Å². The molecule has 31 heavy (non-hydrogen) atoms. The number of benzene rings is 2. The number of para-hydroxylation sites is 1. The van der Waals surface area contributed by atoms with Gasteiger partial charge in [-0.15, -0.1) is 10.2 Å². The first-order valence-corrected chi connectivity index (χ1v) is 10.7. The molecular formula is C22H21N5O3S. The second-order valence-corrected chi connectivity index (χ2v) is 7.93. The summed E-state index contributed by atoms with van der Waals surface area (Å²) in [5, 5.41) is 11.6. The number of anilines is 1. The fraction of sp³-hybridized carbons (Fsp3) is 0.227. The van der Waals surface area contributed by atoms with Gasteiger partial charge < -0.3 is 4.42 Å². The van der Waals surface area contributed by atoms with Gasteiger partial charge in [0, 0.05) is 7.05 Å². The normalized spacial score (nSPS) is 18.1. The van der Waals surface area contributed by atoms with Crippen molar-refractivity contribution < 1.29 is 14.0 Å². The van der Waals surface area contributed by atoms with Crippen molar-refractivity contribution in [3.8, 4) is 0 Å². The van der Waals surface area contributed by atoms with Crippen LogP contribution < -0.4 is 5.01 Å². The second-order valence-electron chi connectivity index (χ2n) is 7.01. The van der Waals surface area contributed by atoms with E-state index < -0.39 is 5.91 Å². The Morgan fingerprint density at radius 2 is 1.77 bits per heavy atom. The third-order valence-corrected chi connectivity index (χ3v) is 5.70. The maximum atomic E-state index is 12.9. The largest absolute Gasteiger partial charge is 0.416 e. The molecule has 1 unspecified atom stereocenters. The molecule has 2 aromatic carbocycles. The molecule has 1 aliphatic rings. The van der Waals surface area contributed by atoms with Crippen molar-refractivity contribution in [3.05, 3.63) is 72.1 Å². The number of hydrogen-bond acceptors (Lipinski definition) is 7. The first-order valence-electron chi connectivity index (χ1n) is 9.75. The lowest BCUT2D eigenvalue weighted by atomic mass is 10.2. The predicted molar refractivity (Wildman–Crippen MR) is 118 cm³/mol. The lowest BCUT2D eigenvalue weighted by molar-refractivity contribution is -0.116. The molecule has 8 nitrogen and oxygen atoms in total. The molecule has 1 fully saturated rings. The topological polar surface area (TPSA) is 91.9 Å². The summed E-state index contributed by atoms with van der Waals surface area (Å²) in [5.41, 5.74) is 2.00. The summed E-state index contributed by atoms with van der Waals surface area (Å²) in [5.74, 6) is -0.244. The van der Waals surface area contributed by atoms with Gasteiger partial charge in [-0.1, -0.05) is 60.3 Å². The SMILES string of the molecule is CC1C(=NC(=O)CSc2nnc(Cc3ccccc3)o2)C(=O)N(c2ccccc2)N1C. The molecule has 0 N–H and O–H groups in total. The number of aliphatic imine (C=N–C) groups is 1. The Balaban J connectivity index is 1.38. The summed E-state index contributed by atoms with van der Waals surface area (Å²) < 4.78 is 5.60. The zero-order valence-electron chi connectivity index (χ0n) is 17.1. The van der Waals surface area contributed by atoms with E-state index in [1.54, 1.807) is 12.1 Å². The van der Waals surface area contributed by atoms with E-state index in [0.29, 0.717) is 17.5 Å². The molecular weight excluding hydrogens is 414 g/mol. The van der Waals surface area contributed by atoms with Crippen LogP contribution in [0.3, 0.4) is 0 Å². The van der Waals surface area contributed by atoms with Crippen molar-refractivity contribution in [1.82, 2.24) is 15.2 Å². The highest BCUT2D eigenvalue weighted by molar-refractivity contribution is 7.99. The molecule has 1 atom stereocenters. The van der Waals surface area contributed by atoms with Gasteiger partial charge in [0.15, 0.2) is 0 Å². The minimum atomic E-state index is -0.425. The van der Waals surface area contributed by atoms with E-state index in [1.165, 1.54) is 5.01 Å². The maximum absolute atomic E-state index is 12.9. The Kier molecular flexibility index (Phi) is 6.24. The van der Waals surface area contributed by atoms with Gasteiger partial charge in [-0.3, -0.25) is 9.59 Å². The first kappa shape index (κ1) is 21.0. The highest BCUT2D eigenvalue weighted by Crippen LogP contribution is 2.24. The van der Waals surface area contributed by atoms with E-state index in [4.69, 9.17) is 4.42 Å². The Bertz CT molecular complexity index is 1100. The Morgan fingerprint density at radius 3 is 2.48 bits per heavy atom. The van der Waals surface area contributed by atoms with Crippen molar-refractivity contribution in [2.24, 2.45) is 4.99 Å². The lowest BCUT2D eigenvalue weighted by Crippen LogP contribution is -2.38. The van der Waals surface area contributed by atoms with Crippen molar-refractivity contribution in [3.63, 3.8) is 0 Å². The molecule has 3 aromatic rings. The van der Waals surface area contributed by atoms with Crippen molar-refractivity contribution in [2.75, 3.05) is 17.8 Å². The summed E-state index contributed by atoms with van der Waals surface area (Å²) in [6.07, 6.45) is 0.526. The molecule has 2 heterocycles. The van der Waals surface area contributed by atoms with Gasteiger partial charge >= 0.3 is 0 Å². The third-order valence-electron chi connectivity index (χ3n) is 4.89. The number of thioether (sulfide) groups is 1. The zero-order chi connectivity index (χ0) is 21.8. The minimum absolute atomic E-state index is 0.00548. The molecule has 9 heteroatoms. The number of aromatic nitrogens is 2. The number of hydrogen-bond donors (Lipinski definition) is 0. The Morgan fingerprint density at radius 1 is 1.10 bits per heavy atom. The molecule has 1 saturated heterocycles. The van der Waals surface area contributed by atoms with Gasteiger partial charge in [0.1, 0.15) is 5.71 Å². The second kappa shape index (κ2) is 9.23. The quantitative estimate of drug-likeness (QED) is 0.550. The predicted octanol–water partition coefficient (Wildman–Crippen LogP) is 3.00. The third kappa shape index (κ3) is 4.73. The Hall–Kier alpha value is -3.30. The highest BCUT2D eigenvalue weighted by atomic mass is 32.2. The molecule has 4 rings (SSSR count). The van der Waals surface area contributed by atoms with Crippen LogP contribution in [0, 0.1) is 0 Å². The number of amides is 2. The summed E-state index contributed by atoms with van der Waals surface area (Å²) in [6.45, 7) is 1.84. The van der Waals surface area contributed by atoms with Gasteiger partial charge in [-0.05, 0) is 24.6 Å². The minimum Gasteiger partial charge on any atom is -0.416 e. The molecule has 2 amide bonds. The molecule has 0 saturated carbocycles. The van der Waals surface area contributed by atoms with E-state index in [2.05, 4.69) is 15.2 Å². The van der Waals surface area contributed by atoms with Crippen LogP contribution >= 0.6 is 11.8 Å². The van der Waals surface area contributed by atoms with E-state index >= 15 is 0 Å². The molecule has 0 aliphatic carbocycles. The van der Waals surface area contributed by atoms with Crippen molar-refractivity contribution in [2.45, 2.75) is 24.6 Å². The lowest BCUT2D eigenvalue weighted by Gasteiger charge is -2.25. The molecule has 0 spiro atoms. The van der Waals surface area contributed by atoms with E-state index in [-0.39, 0.29) is 23.4 Å². The number of rotatable bonds is 6. The standard InChI is InChI=1S/C22H21N5O3S/c1-15-20(21(29)27(26(15)2)17-11-7-4-8-12-17)23-18(28)14-31-22-25-24-19(30-22)13-16-9-5-3-6-10-16/h3-12,15H,13-14H2,1-2H3. The van der Waals surface area contributed by atoms with Gasteiger partial charge in [-0.25, -0.2) is 15.0 Å². The van der Waals surface area contributed by atoms with Crippen LogP contribution in [-0.4, -0.2) is 51.6 Å². The number of nitrogens with zero attached hydrogens (tertiary/aromatic N) is 5. The number of carbonyl (C=O) groups is 2. The van der Waals surface area contributed by atoms with Gasteiger partial charge in [0.2, 0.25) is 5.89 Å². The van der Waals surface area contributed by atoms with Crippen LogP contribution in [0.1, 0.15) is 18.4 Å². The summed E-state index contributed by atoms with van der Waals surface area (Å²) >= 11 is 1.11. The Labute approximate surface area is 183 Å². The smallest absolute Gasteiger partial charge is 0.289 e. The number of hydrazine groups is 1. The van der Waals surface area contributed by atoms with Gasteiger partial charge in [0.05, 0.1) is 23.9 Å². The van der Waals surface area contributed by atoms with E-state index in [9.17, 15) is 9.59 Å². The number of carbonyl (C=O) groups excluding carboxylic acids is 2. The molecule has 1 aliphatic heterocycles.